The van der Waals surface area contributed by atoms with Crippen molar-refractivity contribution in [1.29, 1.82) is 5.26 Å². The minimum Gasteiger partial charge on any atom is -0.375 e. The molecule has 0 aromatic heterocycles. The summed E-state index contributed by atoms with van der Waals surface area (Å²) in [6.07, 6.45) is -0.0815. The Kier molecular flexibility index (Phi) is 4.43. The fourth-order valence-electron chi connectivity index (χ4n) is 2.23. The molecule has 0 aliphatic carbocycles. The highest BCUT2D eigenvalue weighted by atomic mass is 32.2. The van der Waals surface area contributed by atoms with E-state index in [-0.39, 0.29) is 17.9 Å². The molecule has 2 unspecified atom stereocenters. The van der Waals surface area contributed by atoms with Gasteiger partial charge in [-0.2, -0.15) is 9.57 Å². The molecule has 0 N–H and O–H groups in total. The zero-order valence-electron chi connectivity index (χ0n) is 11.6. The van der Waals surface area contributed by atoms with E-state index in [4.69, 9.17) is 10.00 Å². The van der Waals surface area contributed by atoms with Crippen LogP contribution in [0.3, 0.4) is 0 Å². The van der Waals surface area contributed by atoms with Crippen molar-refractivity contribution < 1.29 is 13.2 Å². The maximum atomic E-state index is 12.5. The molecule has 1 aliphatic heterocycles. The standard InChI is InChI=1S/C14H18N2O3S/c1-11-9-19-12(2)8-16(11)20(17,18)10-14-5-3-13(7-15)4-6-14/h3-6,11-12H,8-10H2,1-2H3. The molecule has 2 atom stereocenters. The molecular formula is C14H18N2O3S. The Bertz CT molecular complexity index is 604. The Morgan fingerprint density at radius 3 is 2.60 bits per heavy atom. The third-order valence-corrected chi connectivity index (χ3v) is 5.26. The lowest BCUT2D eigenvalue weighted by Crippen LogP contribution is -2.50. The Morgan fingerprint density at radius 1 is 1.35 bits per heavy atom. The summed E-state index contributed by atoms with van der Waals surface area (Å²) in [6.45, 7) is 4.53. The van der Waals surface area contributed by atoms with Gasteiger partial charge in [-0.3, -0.25) is 0 Å². The molecular weight excluding hydrogens is 276 g/mol. The van der Waals surface area contributed by atoms with E-state index < -0.39 is 10.0 Å². The smallest absolute Gasteiger partial charge is 0.218 e. The minimum absolute atomic E-state index is 0.0459. The molecule has 0 saturated carbocycles. The second-order valence-electron chi connectivity index (χ2n) is 5.13. The predicted molar refractivity (Wildman–Crippen MR) is 75.4 cm³/mol. The molecule has 0 radical (unpaired) electrons. The number of nitriles is 1. The monoisotopic (exact) mass is 294 g/mol. The van der Waals surface area contributed by atoms with Crippen LogP contribution in [0.25, 0.3) is 0 Å². The van der Waals surface area contributed by atoms with Crippen molar-refractivity contribution in [3.8, 4) is 6.07 Å². The van der Waals surface area contributed by atoms with Crippen molar-refractivity contribution >= 4 is 10.0 Å². The van der Waals surface area contributed by atoms with E-state index in [1.807, 2.05) is 19.9 Å². The molecule has 1 heterocycles. The summed E-state index contributed by atoms with van der Waals surface area (Å²) in [5, 5.41) is 8.74. The first kappa shape index (κ1) is 15.0. The van der Waals surface area contributed by atoms with Crippen LogP contribution in [-0.2, 0) is 20.5 Å². The second kappa shape index (κ2) is 5.92. The Morgan fingerprint density at radius 2 is 2.00 bits per heavy atom. The van der Waals surface area contributed by atoms with Gasteiger partial charge in [0.15, 0.2) is 0 Å². The van der Waals surface area contributed by atoms with Gasteiger partial charge in [-0.15, -0.1) is 0 Å². The Hall–Kier alpha value is -1.42. The molecule has 0 amide bonds. The number of morpholine rings is 1. The molecule has 1 aliphatic rings. The summed E-state index contributed by atoms with van der Waals surface area (Å²) in [5.74, 6) is -0.0459. The van der Waals surface area contributed by atoms with Crippen LogP contribution in [-0.4, -0.2) is 38.0 Å². The number of ether oxygens (including phenoxy) is 1. The number of rotatable bonds is 3. The Labute approximate surface area is 119 Å². The quantitative estimate of drug-likeness (QED) is 0.847. The van der Waals surface area contributed by atoms with Crippen LogP contribution >= 0.6 is 0 Å². The number of hydrogen-bond acceptors (Lipinski definition) is 4. The number of nitrogens with zero attached hydrogens (tertiary/aromatic N) is 2. The Balaban J connectivity index is 2.15. The molecule has 108 valence electrons. The molecule has 2 rings (SSSR count). The molecule has 1 fully saturated rings. The van der Waals surface area contributed by atoms with Crippen molar-refractivity contribution in [2.75, 3.05) is 13.2 Å². The van der Waals surface area contributed by atoms with Gasteiger partial charge in [0.25, 0.3) is 0 Å². The van der Waals surface area contributed by atoms with Crippen LogP contribution in [0, 0.1) is 11.3 Å². The van der Waals surface area contributed by atoms with Crippen molar-refractivity contribution in [2.45, 2.75) is 31.7 Å². The van der Waals surface area contributed by atoms with E-state index in [1.165, 1.54) is 4.31 Å². The largest absolute Gasteiger partial charge is 0.375 e. The van der Waals surface area contributed by atoms with Gasteiger partial charge in [0.2, 0.25) is 10.0 Å². The lowest BCUT2D eigenvalue weighted by Gasteiger charge is -2.35. The molecule has 1 saturated heterocycles. The fraction of sp³-hybridized carbons (Fsp3) is 0.500. The topological polar surface area (TPSA) is 70.4 Å². The van der Waals surface area contributed by atoms with Crippen LogP contribution in [0.15, 0.2) is 24.3 Å². The van der Waals surface area contributed by atoms with Crippen molar-refractivity contribution in [3.63, 3.8) is 0 Å². The first-order chi connectivity index (χ1) is 9.42. The van der Waals surface area contributed by atoms with Crippen LogP contribution in [0.2, 0.25) is 0 Å². The first-order valence-corrected chi connectivity index (χ1v) is 8.13. The molecule has 20 heavy (non-hydrogen) atoms. The van der Waals surface area contributed by atoms with Gasteiger partial charge in [-0.25, -0.2) is 8.42 Å². The third kappa shape index (κ3) is 3.37. The van der Waals surface area contributed by atoms with E-state index in [0.29, 0.717) is 24.3 Å². The summed E-state index contributed by atoms with van der Waals surface area (Å²) in [5.41, 5.74) is 1.22. The maximum Gasteiger partial charge on any atom is 0.218 e. The molecule has 6 heteroatoms. The van der Waals surface area contributed by atoms with Crippen LogP contribution in [0.5, 0.6) is 0 Å². The lowest BCUT2D eigenvalue weighted by atomic mass is 10.2. The van der Waals surface area contributed by atoms with Crippen LogP contribution in [0.1, 0.15) is 25.0 Å². The average Bonchev–Trinajstić information content (AvgIpc) is 2.42. The van der Waals surface area contributed by atoms with Gasteiger partial charge in [0.05, 0.1) is 30.1 Å². The average molecular weight is 294 g/mol. The second-order valence-corrected chi connectivity index (χ2v) is 7.05. The van der Waals surface area contributed by atoms with Crippen molar-refractivity contribution in [1.82, 2.24) is 4.31 Å². The van der Waals surface area contributed by atoms with Crippen LogP contribution < -0.4 is 0 Å². The molecule has 1 aromatic carbocycles. The summed E-state index contributed by atoms with van der Waals surface area (Å²) >= 11 is 0. The number of hydrogen-bond donors (Lipinski definition) is 0. The van der Waals surface area contributed by atoms with E-state index in [9.17, 15) is 8.42 Å². The first-order valence-electron chi connectivity index (χ1n) is 6.52. The molecule has 0 spiro atoms. The molecule has 5 nitrogen and oxygen atoms in total. The molecule has 1 aromatic rings. The van der Waals surface area contributed by atoms with Gasteiger partial charge < -0.3 is 4.74 Å². The van der Waals surface area contributed by atoms with E-state index in [0.717, 1.165) is 0 Å². The summed E-state index contributed by atoms with van der Waals surface area (Å²) in [7, 11) is -3.37. The van der Waals surface area contributed by atoms with Crippen molar-refractivity contribution in [3.05, 3.63) is 35.4 Å². The normalized spacial score (nSPS) is 24.2. The van der Waals surface area contributed by atoms with E-state index in [1.54, 1.807) is 24.3 Å². The van der Waals surface area contributed by atoms with Gasteiger partial charge >= 0.3 is 0 Å². The third-order valence-electron chi connectivity index (χ3n) is 3.34. The highest BCUT2D eigenvalue weighted by Crippen LogP contribution is 2.19. The minimum atomic E-state index is -3.37. The van der Waals surface area contributed by atoms with Crippen molar-refractivity contribution in [2.24, 2.45) is 0 Å². The fourth-order valence-corrected chi connectivity index (χ4v) is 4.06. The predicted octanol–water partition coefficient (Wildman–Crippen LogP) is 1.50. The highest BCUT2D eigenvalue weighted by molar-refractivity contribution is 7.88. The summed E-state index contributed by atoms with van der Waals surface area (Å²) in [4.78, 5) is 0. The summed E-state index contributed by atoms with van der Waals surface area (Å²) in [6, 6.07) is 8.51. The van der Waals surface area contributed by atoms with E-state index in [2.05, 4.69) is 0 Å². The zero-order chi connectivity index (χ0) is 14.8. The number of benzene rings is 1. The number of sulfonamides is 1. The SMILES string of the molecule is CC1CN(S(=O)(=O)Cc2ccc(C#N)cc2)C(C)CO1. The lowest BCUT2D eigenvalue weighted by molar-refractivity contribution is -0.0171. The van der Waals surface area contributed by atoms with Gasteiger partial charge in [0.1, 0.15) is 0 Å². The van der Waals surface area contributed by atoms with E-state index >= 15 is 0 Å². The maximum absolute atomic E-state index is 12.5. The molecule has 0 bridgehead atoms. The van der Waals surface area contributed by atoms with Gasteiger partial charge in [0, 0.05) is 12.6 Å². The highest BCUT2D eigenvalue weighted by Gasteiger charge is 2.32. The zero-order valence-corrected chi connectivity index (χ0v) is 12.4. The summed E-state index contributed by atoms with van der Waals surface area (Å²) < 4.78 is 31.9. The van der Waals surface area contributed by atoms with Gasteiger partial charge in [-0.05, 0) is 31.5 Å². The van der Waals surface area contributed by atoms with Gasteiger partial charge in [-0.1, -0.05) is 12.1 Å². The van der Waals surface area contributed by atoms with Crippen LogP contribution in [0.4, 0.5) is 0 Å².